The number of hydrogen-bond acceptors (Lipinski definition) is 6. The van der Waals surface area contributed by atoms with Crippen LogP contribution in [0.25, 0.3) is 10.1 Å². The third-order valence-corrected chi connectivity index (χ3v) is 4.98. The summed E-state index contributed by atoms with van der Waals surface area (Å²) in [4.78, 5) is 24.5. The number of nitrogens with one attached hydrogen (secondary N) is 1. The van der Waals surface area contributed by atoms with Gasteiger partial charge in [0.15, 0.2) is 18.1 Å². The van der Waals surface area contributed by atoms with Crippen molar-refractivity contribution in [1.29, 1.82) is 0 Å². The van der Waals surface area contributed by atoms with E-state index >= 15 is 0 Å². The smallest absolute Gasteiger partial charge is 0.348 e. The van der Waals surface area contributed by atoms with Gasteiger partial charge in [0, 0.05) is 11.2 Å². The number of rotatable bonds is 5. The monoisotopic (exact) mass is 369 g/mol. The third-order valence-electron chi connectivity index (χ3n) is 3.89. The Bertz CT molecular complexity index is 948. The molecule has 132 valence electrons. The third kappa shape index (κ3) is 3.48. The van der Waals surface area contributed by atoms with E-state index in [1.807, 2.05) is 36.4 Å². The molecule has 0 spiro atoms. The first kappa shape index (κ1) is 16.4. The molecule has 0 bridgehead atoms. The molecule has 0 saturated carbocycles. The maximum atomic E-state index is 12.1. The van der Waals surface area contributed by atoms with E-state index in [2.05, 4.69) is 5.32 Å². The summed E-state index contributed by atoms with van der Waals surface area (Å²) in [6.45, 7) is 0.201. The van der Waals surface area contributed by atoms with Gasteiger partial charge in [-0.05, 0) is 35.2 Å². The Morgan fingerprint density at radius 2 is 1.92 bits per heavy atom. The molecule has 0 radical (unpaired) electrons. The summed E-state index contributed by atoms with van der Waals surface area (Å²) in [7, 11) is 0. The molecule has 2 aromatic carbocycles. The summed E-state index contributed by atoms with van der Waals surface area (Å²) in [5.41, 5.74) is 0.874. The predicted octanol–water partition coefficient (Wildman–Crippen LogP) is 3.10. The fourth-order valence-corrected chi connectivity index (χ4v) is 3.54. The SMILES string of the molecule is O=C(COC(=O)c1cc2ccccc2s1)NCc1ccc2c(c1)OCO2. The lowest BCUT2D eigenvalue weighted by Crippen LogP contribution is -2.28. The molecule has 26 heavy (non-hydrogen) atoms. The van der Waals surface area contributed by atoms with Crippen LogP contribution in [0, 0.1) is 0 Å². The van der Waals surface area contributed by atoms with Gasteiger partial charge in [0.05, 0.1) is 0 Å². The molecule has 0 fully saturated rings. The number of hydrogen-bond donors (Lipinski definition) is 1. The molecule has 1 N–H and O–H groups in total. The van der Waals surface area contributed by atoms with Crippen molar-refractivity contribution in [1.82, 2.24) is 5.32 Å². The number of esters is 1. The van der Waals surface area contributed by atoms with Crippen LogP contribution < -0.4 is 14.8 Å². The maximum absolute atomic E-state index is 12.1. The minimum Gasteiger partial charge on any atom is -0.454 e. The van der Waals surface area contributed by atoms with E-state index in [0.29, 0.717) is 22.9 Å². The van der Waals surface area contributed by atoms with E-state index in [1.54, 1.807) is 12.1 Å². The van der Waals surface area contributed by atoms with Crippen molar-refractivity contribution < 1.29 is 23.8 Å². The average Bonchev–Trinajstić information content (AvgIpc) is 3.30. The molecule has 0 aliphatic carbocycles. The largest absolute Gasteiger partial charge is 0.454 e. The minimum absolute atomic E-state index is 0.207. The lowest BCUT2D eigenvalue weighted by atomic mass is 10.2. The van der Waals surface area contributed by atoms with Gasteiger partial charge in [-0.2, -0.15) is 0 Å². The molecular weight excluding hydrogens is 354 g/mol. The van der Waals surface area contributed by atoms with E-state index in [1.165, 1.54) is 11.3 Å². The summed E-state index contributed by atoms with van der Waals surface area (Å²) in [5, 5.41) is 3.70. The van der Waals surface area contributed by atoms with Crippen molar-refractivity contribution >= 4 is 33.3 Å². The minimum atomic E-state index is -0.496. The normalized spacial score (nSPS) is 12.2. The van der Waals surface area contributed by atoms with Gasteiger partial charge in [-0.1, -0.05) is 24.3 Å². The summed E-state index contributed by atoms with van der Waals surface area (Å²) in [6.07, 6.45) is 0. The van der Waals surface area contributed by atoms with Gasteiger partial charge >= 0.3 is 5.97 Å². The average molecular weight is 369 g/mol. The molecule has 4 rings (SSSR count). The van der Waals surface area contributed by atoms with Gasteiger partial charge in [-0.3, -0.25) is 4.79 Å². The second-order valence-corrected chi connectivity index (χ2v) is 6.77. The van der Waals surface area contributed by atoms with Gasteiger partial charge < -0.3 is 19.5 Å². The topological polar surface area (TPSA) is 73.9 Å². The van der Waals surface area contributed by atoms with Gasteiger partial charge in [0.2, 0.25) is 6.79 Å². The fraction of sp³-hybridized carbons (Fsp3) is 0.158. The zero-order valence-electron chi connectivity index (χ0n) is 13.7. The van der Waals surface area contributed by atoms with Crippen molar-refractivity contribution in [2.45, 2.75) is 6.54 Å². The summed E-state index contributed by atoms with van der Waals surface area (Å²) in [5.74, 6) is 0.492. The Labute approximate surface area is 153 Å². The fourth-order valence-electron chi connectivity index (χ4n) is 2.59. The van der Waals surface area contributed by atoms with Crippen molar-refractivity contribution in [3.63, 3.8) is 0 Å². The first-order valence-electron chi connectivity index (χ1n) is 8.00. The van der Waals surface area contributed by atoms with Gasteiger partial charge in [0.1, 0.15) is 4.88 Å². The Kier molecular flexibility index (Phi) is 4.45. The number of carbonyl (C=O) groups excluding carboxylic acids is 2. The highest BCUT2D eigenvalue weighted by molar-refractivity contribution is 7.20. The molecule has 7 heteroatoms. The van der Waals surface area contributed by atoms with Crippen LogP contribution in [0.15, 0.2) is 48.5 Å². The standard InChI is InChI=1S/C19H15NO5S/c21-18(20-9-12-5-6-14-15(7-12)25-11-24-14)10-23-19(22)17-8-13-3-1-2-4-16(13)26-17/h1-8H,9-11H2,(H,20,21). The number of carbonyl (C=O) groups is 2. The highest BCUT2D eigenvalue weighted by Crippen LogP contribution is 2.32. The predicted molar refractivity (Wildman–Crippen MR) is 96.5 cm³/mol. The molecule has 0 unspecified atom stereocenters. The van der Waals surface area contributed by atoms with Gasteiger partial charge in [-0.15, -0.1) is 11.3 Å². The van der Waals surface area contributed by atoms with Crippen molar-refractivity contribution in [3.8, 4) is 11.5 Å². The molecule has 1 aromatic heterocycles. The maximum Gasteiger partial charge on any atom is 0.348 e. The Morgan fingerprint density at radius 1 is 1.08 bits per heavy atom. The first-order valence-corrected chi connectivity index (χ1v) is 8.81. The van der Waals surface area contributed by atoms with E-state index in [9.17, 15) is 9.59 Å². The summed E-state index contributed by atoms with van der Waals surface area (Å²) >= 11 is 1.35. The molecule has 1 aliphatic rings. The number of amides is 1. The van der Waals surface area contributed by atoms with E-state index in [0.717, 1.165) is 15.6 Å². The van der Waals surface area contributed by atoms with Crippen LogP contribution in [0.3, 0.4) is 0 Å². The highest BCUT2D eigenvalue weighted by atomic mass is 32.1. The summed E-state index contributed by atoms with van der Waals surface area (Å²) < 4.78 is 16.6. The van der Waals surface area contributed by atoms with Crippen LogP contribution in [0.2, 0.25) is 0 Å². The van der Waals surface area contributed by atoms with Crippen molar-refractivity contribution in [2.24, 2.45) is 0 Å². The summed E-state index contributed by atoms with van der Waals surface area (Å²) in [6, 6.07) is 14.9. The molecular formula is C19H15NO5S. The number of ether oxygens (including phenoxy) is 3. The Morgan fingerprint density at radius 3 is 2.81 bits per heavy atom. The Hall–Kier alpha value is -3.06. The lowest BCUT2D eigenvalue weighted by molar-refractivity contribution is -0.124. The van der Waals surface area contributed by atoms with Crippen LogP contribution >= 0.6 is 11.3 Å². The first-order chi connectivity index (χ1) is 12.7. The quantitative estimate of drug-likeness (QED) is 0.700. The second-order valence-electron chi connectivity index (χ2n) is 5.69. The zero-order valence-corrected chi connectivity index (χ0v) is 14.5. The lowest BCUT2D eigenvalue weighted by Gasteiger charge is -2.07. The van der Waals surface area contributed by atoms with Crippen LogP contribution in [0.1, 0.15) is 15.2 Å². The molecule has 1 aliphatic heterocycles. The van der Waals surface area contributed by atoms with Gasteiger partial charge in [-0.25, -0.2) is 4.79 Å². The Balaban J connectivity index is 1.29. The molecule has 2 heterocycles. The molecule has 6 nitrogen and oxygen atoms in total. The van der Waals surface area contributed by atoms with E-state index in [4.69, 9.17) is 14.2 Å². The number of fused-ring (bicyclic) bond motifs is 2. The van der Waals surface area contributed by atoms with E-state index < -0.39 is 5.97 Å². The zero-order chi connectivity index (χ0) is 17.9. The van der Waals surface area contributed by atoms with Crippen LogP contribution in [0.5, 0.6) is 11.5 Å². The van der Waals surface area contributed by atoms with Crippen LogP contribution in [-0.4, -0.2) is 25.3 Å². The highest BCUT2D eigenvalue weighted by Gasteiger charge is 2.15. The molecule has 3 aromatic rings. The number of thiophene rings is 1. The van der Waals surface area contributed by atoms with Crippen molar-refractivity contribution in [2.75, 3.05) is 13.4 Å². The molecule has 1 amide bonds. The second kappa shape index (κ2) is 7.05. The number of benzene rings is 2. The van der Waals surface area contributed by atoms with Crippen molar-refractivity contribution in [3.05, 3.63) is 59.0 Å². The molecule has 0 atom stereocenters. The van der Waals surface area contributed by atoms with Crippen LogP contribution in [-0.2, 0) is 16.1 Å². The van der Waals surface area contributed by atoms with Gasteiger partial charge in [0.25, 0.3) is 5.91 Å². The van der Waals surface area contributed by atoms with Crippen LogP contribution in [0.4, 0.5) is 0 Å². The van der Waals surface area contributed by atoms with E-state index in [-0.39, 0.29) is 19.3 Å². The molecule has 0 saturated heterocycles.